The number of methoxy groups -OCH3 is 1. The van der Waals surface area contributed by atoms with Gasteiger partial charge in [-0.05, 0) is 24.3 Å². The van der Waals surface area contributed by atoms with Gasteiger partial charge in [-0.2, -0.15) is 4.31 Å². The Bertz CT molecular complexity index is 638. The second kappa shape index (κ2) is 8.34. The minimum absolute atomic E-state index is 0.0543. The summed E-state index contributed by atoms with van der Waals surface area (Å²) in [4.78, 5) is 13.3. The minimum Gasteiger partial charge on any atom is -0.497 e. The summed E-state index contributed by atoms with van der Waals surface area (Å²) in [6.45, 7) is 4.10. The second-order valence-electron chi connectivity index (χ2n) is 5.60. The third kappa shape index (κ3) is 4.85. The molecule has 0 spiro atoms. The number of benzene rings is 1. The van der Waals surface area contributed by atoms with Gasteiger partial charge in [-0.1, -0.05) is 6.92 Å². The summed E-state index contributed by atoms with van der Waals surface area (Å²) in [5.74, 6) is 0.616. The lowest BCUT2D eigenvalue weighted by atomic mass is 10.2. The summed E-state index contributed by atoms with van der Waals surface area (Å²) in [6, 6.07) is 7.75. The van der Waals surface area contributed by atoms with E-state index in [-0.39, 0.29) is 18.2 Å². The first-order chi connectivity index (χ1) is 11.5. The molecule has 0 bridgehead atoms. The number of nitrogens with zero attached hydrogens (tertiary/aromatic N) is 2. The monoisotopic (exact) mass is 355 g/mol. The number of nitrogens with one attached hydrogen (secondary N) is 1. The van der Waals surface area contributed by atoms with Crippen molar-refractivity contribution in [2.45, 2.75) is 13.3 Å². The first-order valence-electron chi connectivity index (χ1n) is 8.10. The Morgan fingerprint density at radius 1 is 1.17 bits per heavy atom. The molecule has 0 aliphatic carbocycles. The van der Waals surface area contributed by atoms with Crippen LogP contribution in [0.3, 0.4) is 0 Å². The summed E-state index contributed by atoms with van der Waals surface area (Å²) < 4.78 is 31.3. The first kappa shape index (κ1) is 18.5. The van der Waals surface area contributed by atoms with Crippen molar-refractivity contribution in [3.63, 3.8) is 0 Å². The number of sulfonamides is 1. The van der Waals surface area contributed by atoms with Gasteiger partial charge in [-0.3, -0.25) is 4.79 Å². The maximum absolute atomic E-state index is 12.3. The summed E-state index contributed by atoms with van der Waals surface area (Å²) in [7, 11) is -1.71. The van der Waals surface area contributed by atoms with Gasteiger partial charge in [-0.15, -0.1) is 0 Å². The number of ether oxygens (including phenoxy) is 1. The summed E-state index contributed by atoms with van der Waals surface area (Å²) in [5.41, 5.74) is 1.06. The molecule has 1 saturated heterocycles. The Morgan fingerprint density at radius 3 is 2.33 bits per heavy atom. The Morgan fingerprint density at radius 2 is 1.79 bits per heavy atom. The molecule has 1 amide bonds. The molecule has 1 heterocycles. The van der Waals surface area contributed by atoms with Crippen LogP contribution >= 0.6 is 0 Å². The van der Waals surface area contributed by atoms with Crippen LogP contribution in [0.25, 0.3) is 0 Å². The molecule has 1 fully saturated rings. The minimum atomic E-state index is -3.33. The van der Waals surface area contributed by atoms with Crippen LogP contribution in [-0.4, -0.2) is 64.2 Å². The second-order valence-corrected chi connectivity index (χ2v) is 7.69. The zero-order valence-electron chi connectivity index (χ0n) is 14.2. The fourth-order valence-electron chi connectivity index (χ4n) is 2.59. The van der Waals surface area contributed by atoms with Gasteiger partial charge in [-0.25, -0.2) is 8.42 Å². The maximum Gasteiger partial charge on any atom is 0.219 e. The number of carbonyl (C=O) groups excluding carboxylic acids is 1. The van der Waals surface area contributed by atoms with E-state index in [2.05, 4.69) is 10.2 Å². The molecule has 1 aliphatic heterocycles. The van der Waals surface area contributed by atoms with Crippen molar-refractivity contribution in [3.05, 3.63) is 24.3 Å². The van der Waals surface area contributed by atoms with Crippen LogP contribution in [0.2, 0.25) is 0 Å². The van der Waals surface area contributed by atoms with Crippen molar-refractivity contribution in [2.75, 3.05) is 50.5 Å². The van der Waals surface area contributed by atoms with Crippen LogP contribution in [0, 0.1) is 0 Å². The van der Waals surface area contributed by atoms with Gasteiger partial charge in [0, 0.05) is 44.8 Å². The molecule has 1 aromatic carbocycles. The number of anilines is 1. The number of hydrogen-bond acceptors (Lipinski definition) is 5. The fraction of sp³-hybridized carbons (Fsp3) is 0.562. The number of piperazine rings is 1. The fourth-order valence-corrected chi connectivity index (χ4v) is 3.93. The van der Waals surface area contributed by atoms with Gasteiger partial charge in [0.1, 0.15) is 5.75 Å². The maximum atomic E-state index is 12.3. The number of rotatable bonds is 7. The first-order valence-corrected chi connectivity index (χ1v) is 9.70. The molecule has 0 saturated carbocycles. The number of carbonyl (C=O) groups is 1. The van der Waals surface area contributed by atoms with E-state index in [9.17, 15) is 13.2 Å². The van der Waals surface area contributed by atoms with Gasteiger partial charge in [0.05, 0.1) is 12.9 Å². The van der Waals surface area contributed by atoms with E-state index in [1.165, 1.54) is 4.31 Å². The Kier molecular flexibility index (Phi) is 6.44. The zero-order chi connectivity index (χ0) is 17.6. The molecule has 0 unspecified atom stereocenters. The summed E-state index contributed by atoms with van der Waals surface area (Å²) in [6.07, 6.45) is 0.362. The molecule has 2 rings (SSSR count). The molecule has 0 atom stereocenters. The molecule has 1 aromatic rings. The van der Waals surface area contributed by atoms with Gasteiger partial charge in [0.2, 0.25) is 15.9 Å². The lowest BCUT2D eigenvalue weighted by Crippen LogP contribution is -2.50. The molecule has 1 aliphatic rings. The SMILES string of the molecule is CCC(=O)NCCS(=O)(=O)N1CCN(c2ccc(OC)cc2)CC1. The van der Waals surface area contributed by atoms with Gasteiger partial charge in [0.25, 0.3) is 0 Å². The third-order valence-electron chi connectivity index (χ3n) is 4.07. The van der Waals surface area contributed by atoms with Gasteiger partial charge < -0.3 is 15.0 Å². The Balaban J connectivity index is 1.85. The highest BCUT2D eigenvalue weighted by Crippen LogP contribution is 2.21. The molecule has 134 valence electrons. The lowest BCUT2D eigenvalue weighted by molar-refractivity contribution is -0.120. The normalized spacial score (nSPS) is 16.0. The van der Waals surface area contributed by atoms with E-state index in [4.69, 9.17) is 4.74 Å². The third-order valence-corrected chi connectivity index (χ3v) is 5.94. The van der Waals surface area contributed by atoms with Crippen LogP contribution in [0.15, 0.2) is 24.3 Å². The smallest absolute Gasteiger partial charge is 0.219 e. The predicted octanol–water partition coefficient (Wildman–Crippen LogP) is 0.673. The van der Waals surface area contributed by atoms with Gasteiger partial charge in [0.15, 0.2) is 0 Å². The molecule has 7 nitrogen and oxygen atoms in total. The summed E-state index contributed by atoms with van der Waals surface area (Å²) in [5, 5.41) is 2.61. The quantitative estimate of drug-likeness (QED) is 0.778. The Hall–Kier alpha value is -1.80. The molecular formula is C16H25N3O4S. The van der Waals surface area contributed by atoms with E-state index in [0.29, 0.717) is 32.6 Å². The van der Waals surface area contributed by atoms with Crippen molar-refractivity contribution in [3.8, 4) is 5.75 Å². The van der Waals surface area contributed by atoms with Crippen LogP contribution < -0.4 is 15.0 Å². The number of amides is 1. The van der Waals surface area contributed by atoms with E-state index in [1.54, 1.807) is 14.0 Å². The van der Waals surface area contributed by atoms with Crippen LogP contribution in [0.5, 0.6) is 5.75 Å². The topological polar surface area (TPSA) is 79.0 Å². The van der Waals surface area contributed by atoms with Crippen molar-refractivity contribution < 1.29 is 17.9 Å². The van der Waals surface area contributed by atoms with Gasteiger partial charge >= 0.3 is 0 Å². The van der Waals surface area contributed by atoms with E-state index in [1.807, 2.05) is 24.3 Å². The van der Waals surface area contributed by atoms with Crippen molar-refractivity contribution >= 4 is 21.6 Å². The van der Waals surface area contributed by atoms with E-state index >= 15 is 0 Å². The molecule has 24 heavy (non-hydrogen) atoms. The van der Waals surface area contributed by atoms with E-state index < -0.39 is 10.0 Å². The predicted molar refractivity (Wildman–Crippen MR) is 93.9 cm³/mol. The standard InChI is InChI=1S/C16H25N3O4S/c1-3-16(20)17-8-13-24(21,22)19-11-9-18(10-12-19)14-4-6-15(23-2)7-5-14/h4-7H,3,8-13H2,1-2H3,(H,17,20). The van der Waals surface area contributed by atoms with Crippen LogP contribution in [-0.2, 0) is 14.8 Å². The average Bonchev–Trinajstić information content (AvgIpc) is 2.61. The zero-order valence-corrected chi connectivity index (χ0v) is 15.0. The molecule has 1 N–H and O–H groups in total. The van der Waals surface area contributed by atoms with E-state index in [0.717, 1.165) is 11.4 Å². The van der Waals surface area contributed by atoms with Crippen LogP contribution in [0.1, 0.15) is 13.3 Å². The lowest BCUT2D eigenvalue weighted by Gasteiger charge is -2.35. The average molecular weight is 355 g/mol. The molecule has 0 aromatic heterocycles. The summed E-state index contributed by atoms with van der Waals surface area (Å²) >= 11 is 0. The number of hydrogen-bond donors (Lipinski definition) is 1. The Labute approximate surface area is 143 Å². The highest BCUT2D eigenvalue weighted by Gasteiger charge is 2.26. The van der Waals surface area contributed by atoms with Crippen molar-refractivity contribution in [1.82, 2.24) is 9.62 Å². The van der Waals surface area contributed by atoms with Crippen molar-refractivity contribution in [2.24, 2.45) is 0 Å². The largest absolute Gasteiger partial charge is 0.497 e. The highest BCUT2D eigenvalue weighted by atomic mass is 32.2. The molecule has 0 radical (unpaired) electrons. The van der Waals surface area contributed by atoms with Crippen LogP contribution in [0.4, 0.5) is 5.69 Å². The highest BCUT2D eigenvalue weighted by molar-refractivity contribution is 7.89. The van der Waals surface area contributed by atoms with Crippen molar-refractivity contribution in [1.29, 1.82) is 0 Å². The molecule has 8 heteroatoms. The molecular weight excluding hydrogens is 330 g/mol.